The van der Waals surface area contributed by atoms with Crippen LogP contribution in [0.25, 0.3) is 0 Å². The maximum Gasteiger partial charge on any atom is 0.252 e. The third-order valence-corrected chi connectivity index (χ3v) is 6.21. The third kappa shape index (κ3) is 4.08. The minimum Gasteiger partial charge on any atom is -0.381 e. The van der Waals surface area contributed by atoms with Crippen LogP contribution in [0.3, 0.4) is 0 Å². The molecule has 0 aromatic carbocycles. The number of hydrogen-bond donors (Lipinski definition) is 2. The molecule has 1 aromatic heterocycles. The summed E-state index contributed by atoms with van der Waals surface area (Å²) in [6.07, 6.45) is 7.15. The second kappa shape index (κ2) is 7.51. The molecule has 4 nitrogen and oxygen atoms in total. The van der Waals surface area contributed by atoms with Gasteiger partial charge in [0, 0.05) is 47.5 Å². The molecule has 4 rings (SSSR count). The number of thiophene rings is 1. The molecule has 3 aliphatic rings. The van der Waals surface area contributed by atoms with Gasteiger partial charge in [-0.05, 0) is 38.2 Å². The van der Waals surface area contributed by atoms with Gasteiger partial charge in [-0.3, -0.25) is 4.79 Å². The highest BCUT2D eigenvalue weighted by molar-refractivity contribution is 7.10. The number of rotatable bonds is 5. The monoisotopic (exact) mass is 356 g/mol. The zero-order chi connectivity index (χ0) is 14.9. The molecule has 2 aliphatic carbocycles. The summed E-state index contributed by atoms with van der Waals surface area (Å²) in [5.74, 6) is 0.716. The van der Waals surface area contributed by atoms with Crippen LogP contribution in [-0.2, 0) is 4.74 Å². The lowest BCUT2D eigenvalue weighted by Gasteiger charge is -2.26. The van der Waals surface area contributed by atoms with E-state index in [1.165, 1.54) is 30.6 Å². The lowest BCUT2D eigenvalue weighted by Crippen LogP contribution is -2.38. The molecule has 1 aliphatic heterocycles. The smallest absolute Gasteiger partial charge is 0.252 e. The van der Waals surface area contributed by atoms with Gasteiger partial charge in [0.1, 0.15) is 0 Å². The highest BCUT2D eigenvalue weighted by atomic mass is 35.5. The Bertz CT molecular complexity index is 540. The predicted molar refractivity (Wildman–Crippen MR) is 94.8 cm³/mol. The minimum atomic E-state index is 0. The SMILES string of the molecule is Cl.O=C(NC1CCOCC1)c1csc([C@@H]2C[C@H]2NC2CCC2)c1. The largest absolute Gasteiger partial charge is 0.381 e. The molecule has 2 atom stereocenters. The van der Waals surface area contributed by atoms with E-state index in [1.807, 2.05) is 5.38 Å². The van der Waals surface area contributed by atoms with E-state index in [4.69, 9.17) is 4.74 Å². The van der Waals surface area contributed by atoms with Gasteiger partial charge in [-0.25, -0.2) is 0 Å². The molecule has 6 heteroatoms. The Morgan fingerprint density at radius 3 is 2.65 bits per heavy atom. The van der Waals surface area contributed by atoms with E-state index >= 15 is 0 Å². The molecule has 2 saturated carbocycles. The zero-order valence-corrected chi connectivity index (χ0v) is 14.9. The number of carbonyl (C=O) groups is 1. The first-order valence-electron chi connectivity index (χ1n) is 8.52. The Morgan fingerprint density at radius 1 is 1.17 bits per heavy atom. The summed E-state index contributed by atoms with van der Waals surface area (Å²) in [5.41, 5.74) is 0.834. The van der Waals surface area contributed by atoms with E-state index in [0.29, 0.717) is 12.0 Å². The molecular formula is C17H25ClN2O2S. The summed E-state index contributed by atoms with van der Waals surface area (Å²) in [7, 11) is 0. The van der Waals surface area contributed by atoms with Crippen molar-refractivity contribution in [2.45, 2.75) is 62.6 Å². The van der Waals surface area contributed by atoms with E-state index in [9.17, 15) is 4.79 Å². The first kappa shape index (κ1) is 17.2. The molecule has 2 heterocycles. The van der Waals surface area contributed by atoms with Crippen LogP contribution in [0.15, 0.2) is 11.4 Å². The van der Waals surface area contributed by atoms with Crippen molar-refractivity contribution in [1.29, 1.82) is 0 Å². The molecular weight excluding hydrogens is 332 g/mol. The molecule has 0 radical (unpaired) electrons. The number of carbonyl (C=O) groups excluding carboxylic acids is 1. The first-order valence-corrected chi connectivity index (χ1v) is 9.40. The van der Waals surface area contributed by atoms with Crippen molar-refractivity contribution < 1.29 is 9.53 Å². The van der Waals surface area contributed by atoms with Crippen molar-refractivity contribution in [2.24, 2.45) is 0 Å². The van der Waals surface area contributed by atoms with E-state index in [0.717, 1.165) is 37.7 Å². The van der Waals surface area contributed by atoms with Crippen LogP contribution >= 0.6 is 23.7 Å². The van der Waals surface area contributed by atoms with E-state index < -0.39 is 0 Å². The Hall–Kier alpha value is -0.620. The average molecular weight is 357 g/mol. The molecule has 1 amide bonds. The van der Waals surface area contributed by atoms with Crippen LogP contribution < -0.4 is 10.6 Å². The fourth-order valence-electron chi connectivity index (χ4n) is 3.35. The topological polar surface area (TPSA) is 50.4 Å². The van der Waals surface area contributed by atoms with E-state index in [1.54, 1.807) is 11.3 Å². The molecule has 3 fully saturated rings. The fourth-order valence-corrected chi connectivity index (χ4v) is 4.42. The van der Waals surface area contributed by atoms with Gasteiger partial charge < -0.3 is 15.4 Å². The van der Waals surface area contributed by atoms with Gasteiger partial charge in [0.25, 0.3) is 5.91 Å². The van der Waals surface area contributed by atoms with Crippen molar-refractivity contribution in [3.63, 3.8) is 0 Å². The fraction of sp³-hybridized carbons (Fsp3) is 0.706. The van der Waals surface area contributed by atoms with Gasteiger partial charge in [-0.1, -0.05) is 6.42 Å². The molecule has 1 aromatic rings. The molecule has 0 bridgehead atoms. The average Bonchev–Trinajstić information content (AvgIpc) is 3.08. The Kier molecular flexibility index (Phi) is 5.62. The van der Waals surface area contributed by atoms with Gasteiger partial charge >= 0.3 is 0 Å². The molecule has 1 saturated heterocycles. The van der Waals surface area contributed by atoms with Crippen LogP contribution in [0.2, 0.25) is 0 Å². The van der Waals surface area contributed by atoms with Crippen molar-refractivity contribution in [3.05, 3.63) is 21.9 Å². The second-order valence-corrected chi connectivity index (χ2v) is 7.78. The Balaban J connectivity index is 0.00000156. The number of amides is 1. The van der Waals surface area contributed by atoms with Crippen molar-refractivity contribution in [1.82, 2.24) is 10.6 Å². The van der Waals surface area contributed by atoms with Gasteiger partial charge in [0.05, 0.1) is 5.56 Å². The van der Waals surface area contributed by atoms with Crippen LogP contribution in [0, 0.1) is 0 Å². The summed E-state index contributed by atoms with van der Waals surface area (Å²) in [6.45, 7) is 1.52. The zero-order valence-electron chi connectivity index (χ0n) is 13.3. The van der Waals surface area contributed by atoms with Crippen LogP contribution in [0.1, 0.15) is 59.7 Å². The lowest BCUT2D eigenvalue weighted by molar-refractivity contribution is 0.0696. The maximum atomic E-state index is 12.3. The first-order chi connectivity index (χ1) is 10.8. The molecule has 0 unspecified atom stereocenters. The lowest BCUT2D eigenvalue weighted by atomic mass is 9.93. The third-order valence-electron chi connectivity index (χ3n) is 5.15. The molecule has 0 spiro atoms. The molecule has 23 heavy (non-hydrogen) atoms. The number of halogens is 1. The van der Waals surface area contributed by atoms with E-state index in [-0.39, 0.29) is 24.4 Å². The quantitative estimate of drug-likeness (QED) is 0.852. The number of ether oxygens (including phenoxy) is 1. The summed E-state index contributed by atoms with van der Waals surface area (Å²) in [6, 6.07) is 3.78. The highest BCUT2D eigenvalue weighted by Crippen LogP contribution is 2.44. The molecule has 128 valence electrons. The van der Waals surface area contributed by atoms with Crippen molar-refractivity contribution >= 4 is 29.7 Å². The molecule has 2 N–H and O–H groups in total. The Morgan fingerprint density at radius 2 is 1.96 bits per heavy atom. The minimum absolute atomic E-state index is 0. The van der Waals surface area contributed by atoms with Crippen LogP contribution in [-0.4, -0.2) is 37.2 Å². The summed E-state index contributed by atoms with van der Waals surface area (Å²) < 4.78 is 5.33. The highest BCUT2D eigenvalue weighted by Gasteiger charge is 2.41. The van der Waals surface area contributed by atoms with Crippen molar-refractivity contribution in [2.75, 3.05) is 13.2 Å². The van der Waals surface area contributed by atoms with Crippen LogP contribution in [0.5, 0.6) is 0 Å². The Labute approximate surface area is 147 Å². The van der Waals surface area contributed by atoms with Gasteiger partial charge in [-0.15, -0.1) is 23.7 Å². The summed E-state index contributed by atoms with van der Waals surface area (Å²) >= 11 is 1.74. The predicted octanol–water partition coefficient (Wildman–Crippen LogP) is 3.08. The van der Waals surface area contributed by atoms with Crippen molar-refractivity contribution in [3.8, 4) is 0 Å². The normalized spacial score (nSPS) is 27.8. The summed E-state index contributed by atoms with van der Waals surface area (Å²) in [4.78, 5) is 13.7. The standard InChI is InChI=1S/C17H24N2O2S.ClH/c20-17(19-13-4-6-21-7-5-13)11-8-16(22-10-11)14-9-15(14)18-12-2-1-3-12;/h8,10,12-15,18H,1-7,9H2,(H,19,20);1H/t14-,15-;/m1./s1. The van der Waals surface area contributed by atoms with Gasteiger partial charge in [-0.2, -0.15) is 0 Å². The second-order valence-electron chi connectivity index (χ2n) is 6.84. The number of hydrogen-bond acceptors (Lipinski definition) is 4. The van der Waals surface area contributed by atoms with E-state index in [2.05, 4.69) is 16.7 Å². The number of nitrogens with one attached hydrogen (secondary N) is 2. The van der Waals surface area contributed by atoms with Gasteiger partial charge in [0.15, 0.2) is 0 Å². The maximum absolute atomic E-state index is 12.3. The van der Waals surface area contributed by atoms with Crippen LogP contribution in [0.4, 0.5) is 0 Å². The summed E-state index contributed by atoms with van der Waals surface area (Å²) in [5, 5.41) is 8.89. The van der Waals surface area contributed by atoms with Gasteiger partial charge in [0.2, 0.25) is 0 Å².